The molecule has 0 bridgehead atoms. The van der Waals surface area contributed by atoms with E-state index in [1.807, 2.05) is 0 Å². The lowest BCUT2D eigenvalue weighted by Gasteiger charge is -2.29. The van der Waals surface area contributed by atoms with Gasteiger partial charge in [0.25, 0.3) is 0 Å². The molecule has 0 amide bonds. The number of aliphatic imine (C=N–C) groups is 1. The molecule has 162 valence electrons. The Balaban J connectivity index is 0.00000225. The predicted molar refractivity (Wildman–Crippen MR) is 123 cm³/mol. The van der Waals surface area contributed by atoms with Gasteiger partial charge in [0, 0.05) is 38.9 Å². The third kappa shape index (κ3) is 5.97. The second kappa shape index (κ2) is 10.3. The van der Waals surface area contributed by atoms with Crippen molar-refractivity contribution in [2.45, 2.75) is 57.4 Å². The zero-order valence-corrected chi connectivity index (χ0v) is 20.0. The van der Waals surface area contributed by atoms with E-state index in [4.69, 9.17) is 9.73 Å². The van der Waals surface area contributed by atoms with Crippen LogP contribution in [0.5, 0.6) is 0 Å². The molecule has 0 aromatic rings. The molecule has 8 heteroatoms. The van der Waals surface area contributed by atoms with Gasteiger partial charge in [0.15, 0.2) is 15.8 Å². The Morgan fingerprint density at radius 3 is 2.46 bits per heavy atom. The molecule has 6 nitrogen and oxygen atoms in total. The van der Waals surface area contributed by atoms with E-state index < -0.39 is 9.84 Å². The first-order valence-electron chi connectivity index (χ1n) is 10.9. The average molecular weight is 525 g/mol. The molecule has 1 N–H and O–H groups in total. The number of nitrogens with one attached hydrogen (secondary N) is 1. The largest absolute Gasteiger partial charge is 0.381 e. The van der Waals surface area contributed by atoms with Crippen molar-refractivity contribution in [1.82, 2.24) is 10.2 Å². The van der Waals surface area contributed by atoms with Gasteiger partial charge in [-0.15, -0.1) is 24.0 Å². The second-order valence-corrected chi connectivity index (χ2v) is 11.2. The van der Waals surface area contributed by atoms with Crippen molar-refractivity contribution in [1.29, 1.82) is 0 Å². The number of nitrogens with zero attached hydrogens (tertiary/aromatic N) is 2. The Kier molecular flexibility index (Phi) is 8.30. The third-order valence-corrected chi connectivity index (χ3v) is 8.81. The van der Waals surface area contributed by atoms with Crippen LogP contribution in [0.15, 0.2) is 4.99 Å². The number of ether oxygens (including phenoxy) is 1. The van der Waals surface area contributed by atoms with Gasteiger partial charge in [0.2, 0.25) is 0 Å². The summed E-state index contributed by atoms with van der Waals surface area (Å²) < 4.78 is 29.0. The molecule has 0 aromatic heterocycles. The van der Waals surface area contributed by atoms with E-state index in [1.165, 1.54) is 44.9 Å². The van der Waals surface area contributed by atoms with Crippen molar-refractivity contribution < 1.29 is 13.2 Å². The lowest BCUT2D eigenvalue weighted by Crippen LogP contribution is -2.45. The summed E-state index contributed by atoms with van der Waals surface area (Å²) in [6.45, 7) is 4.64. The fourth-order valence-electron chi connectivity index (χ4n) is 5.27. The first-order valence-corrected chi connectivity index (χ1v) is 12.8. The topological polar surface area (TPSA) is 71.0 Å². The summed E-state index contributed by atoms with van der Waals surface area (Å²) in [5.41, 5.74) is 0. The van der Waals surface area contributed by atoms with E-state index in [-0.39, 0.29) is 29.9 Å². The van der Waals surface area contributed by atoms with Gasteiger partial charge in [0.1, 0.15) is 0 Å². The molecule has 2 atom stereocenters. The van der Waals surface area contributed by atoms with Crippen molar-refractivity contribution in [3.63, 3.8) is 0 Å². The highest BCUT2D eigenvalue weighted by Gasteiger charge is 2.33. The maximum absolute atomic E-state index is 11.8. The molecular weight excluding hydrogens is 489 g/mol. The second-order valence-electron chi connectivity index (χ2n) is 9.00. The van der Waals surface area contributed by atoms with Crippen LogP contribution in [0.1, 0.15) is 51.4 Å². The van der Waals surface area contributed by atoms with Gasteiger partial charge in [-0.25, -0.2) is 8.42 Å². The molecular formula is C20H36IN3O3S. The van der Waals surface area contributed by atoms with E-state index in [9.17, 15) is 8.42 Å². The monoisotopic (exact) mass is 525 g/mol. The summed E-state index contributed by atoms with van der Waals surface area (Å²) in [6, 6.07) is 0.540. The van der Waals surface area contributed by atoms with E-state index in [0.29, 0.717) is 24.1 Å². The standard InChI is InChI=1S/C20H35N3O3S.HI/c24-27(25)12-8-16(15-27)13-21-20(22-19-3-1-2-4-19)23-9-5-18(14-23)17-6-10-26-11-7-17;/h16-19H,1-15H2,(H,21,22);1H. The predicted octanol–water partition coefficient (Wildman–Crippen LogP) is 2.68. The minimum atomic E-state index is -2.82. The lowest BCUT2D eigenvalue weighted by molar-refractivity contribution is 0.0488. The molecule has 4 aliphatic rings. The molecule has 3 heterocycles. The molecule has 1 aliphatic carbocycles. The normalized spacial score (nSPS) is 31.9. The van der Waals surface area contributed by atoms with Crippen LogP contribution in [0.25, 0.3) is 0 Å². The Morgan fingerprint density at radius 1 is 1.04 bits per heavy atom. The zero-order valence-electron chi connectivity index (χ0n) is 16.9. The smallest absolute Gasteiger partial charge is 0.194 e. The van der Waals surface area contributed by atoms with E-state index in [0.717, 1.165) is 50.5 Å². The zero-order chi connectivity index (χ0) is 18.7. The highest BCUT2D eigenvalue weighted by molar-refractivity contribution is 14.0. The van der Waals surface area contributed by atoms with Crippen LogP contribution in [-0.4, -0.2) is 69.7 Å². The quantitative estimate of drug-likeness (QED) is 0.347. The molecule has 3 saturated heterocycles. The minimum Gasteiger partial charge on any atom is -0.381 e. The van der Waals surface area contributed by atoms with Gasteiger partial charge in [-0.1, -0.05) is 12.8 Å². The highest BCUT2D eigenvalue weighted by Crippen LogP contribution is 2.31. The molecule has 0 radical (unpaired) electrons. The molecule has 0 spiro atoms. The first-order chi connectivity index (χ1) is 13.1. The fraction of sp³-hybridized carbons (Fsp3) is 0.950. The van der Waals surface area contributed by atoms with Crippen molar-refractivity contribution >= 4 is 39.8 Å². The van der Waals surface area contributed by atoms with Crippen LogP contribution in [-0.2, 0) is 14.6 Å². The number of halogens is 1. The van der Waals surface area contributed by atoms with Gasteiger partial charge in [0.05, 0.1) is 11.5 Å². The number of hydrogen-bond acceptors (Lipinski definition) is 4. The number of hydrogen-bond donors (Lipinski definition) is 1. The van der Waals surface area contributed by atoms with Gasteiger partial charge < -0.3 is 15.0 Å². The molecule has 1 saturated carbocycles. The Labute approximate surface area is 187 Å². The minimum absolute atomic E-state index is 0. The van der Waals surface area contributed by atoms with Crippen LogP contribution in [0.2, 0.25) is 0 Å². The number of sulfone groups is 1. The number of likely N-dealkylation sites (tertiary alicyclic amines) is 1. The first kappa shape index (κ1) is 22.6. The maximum atomic E-state index is 11.8. The van der Waals surface area contributed by atoms with Crippen molar-refractivity contribution in [3.8, 4) is 0 Å². The lowest BCUT2D eigenvalue weighted by atomic mass is 9.85. The van der Waals surface area contributed by atoms with E-state index in [1.54, 1.807) is 0 Å². The van der Waals surface area contributed by atoms with Crippen LogP contribution in [0, 0.1) is 17.8 Å². The molecule has 4 fully saturated rings. The van der Waals surface area contributed by atoms with Gasteiger partial charge in [-0.3, -0.25) is 4.99 Å². The highest BCUT2D eigenvalue weighted by atomic mass is 127. The van der Waals surface area contributed by atoms with Crippen LogP contribution < -0.4 is 5.32 Å². The fourth-order valence-corrected chi connectivity index (χ4v) is 7.12. The summed E-state index contributed by atoms with van der Waals surface area (Å²) in [5.74, 6) is 3.43. The van der Waals surface area contributed by atoms with Crippen molar-refractivity contribution in [2.24, 2.45) is 22.7 Å². The maximum Gasteiger partial charge on any atom is 0.194 e. The Morgan fingerprint density at radius 2 is 1.79 bits per heavy atom. The molecule has 28 heavy (non-hydrogen) atoms. The third-order valence-electron chi connectivity index (χ3n) is 6.97. The van der Waals surface area contributed by atoms with Crippen molar-refractivity contribution in [2.75, 3.05) is 44.4 Å². The van der Waals surface area contributed by atoms with Gasteiger partial charge >= 0.3 is 0 Å². The Bertz CT molecular complexity index is 631. The number of guanidine groups is 1. The SMILES string of the molecule is I.O=S1(=O)CCC(CN=C(NC2CCCC2)N2CCC(C3CCOCC3)C2)C1. The van der Waals surface area contributed by atoms with Crippen LogP contribution in [0.3, 0.4) is 0 Å². The van der Waals surface area contributed by atoms with Crippen molar-refractivity contribution in [3.05, 3.63) is 0 Å². The Hall–Kier alpha value is -0.0900. The summed E-state index contributed by atoms with van der Waals surface area (Å²) in [5, 5.41) is 3.73. The van der Waals surface area contributed by atoms with E-state index in [2.05, 4.69) is 10.2 Å². The average Bonchev–Trinajstić information content (AvgIpc) is 3.40. The summed E-state index contributed by atoms with van der Waals surface area (Å²) in [4.78, 5) is 7.39. The van der Waals surface area contributed by atoms with Crippen LogP contribution >= 0.6 is 24.0 Å². The summed E-state index contributed by atoms with van der Waals surface area (Å²) in [7, 11) is -2.82. The van der Waals surface area contributed by atoms with Crippen LogP contribution in [0.4, 0.5) is 0 Å². The number of rotatable bonds is 4. The van der Waals surface area contributed by atoms with Gasteiger partial charge in [-0.2, -0.15) is 0 Å². The molecule has 3 aliphatic heterocycles. The van der Waals surface area contributed by atoms with Gasteiger partial charge in [-0.05, 0) is 56.3 Å². The molecule has 0 aromatic carbocycles. The molecule has 2 unspecified atom stereocenters. The summed E-state index contributed by atoms with van der Waals surface area (Å²) >= 11 is 0. The molecule has 4 rings (SSSR count). The van der Waals surface area contributed by atoms with E-state index >= 15 is 0 Å². The summed E-state index contributed by atoms with van der Waals surface area (Å²) in [6.07, 6.45) is 9.47.